The molecule has 5 unspecified atom stereocenters. The van der Waals surface area contributed by atoms with Gasteiger partial charge in [0.2, 0.25) is 17.7 Å². The summed E-state index contributed by atoms with van der Waals surface area (Å²) in [7, 11) is 0. The highest BCUT2D eigenvalue weighted by Gasteiger charge is 2.31. The van der Waals surface area contributed by atoms with Gasteiger partial charge in [-0.2, -0.15) is 11.8 Å². The fourth-order valence-electron chi connectivity index (χ4n) is 4.62. The normalized spacial score (nSPS) is 14.7. The minimum absolute atomic E-state index is 0.0532. The summed E-state index contributed by atoms with van der Waals surface area (Å²) < 4.78 is 0. The molecule has 0 radical (unpaired) electrons. The number of rotatable bonds is 16. The summed E-state index contributed by atoms with van der Waals surface area (Å²) in [5.41, 5.74) is 8.41. The van der Waals surface area contributed by atoms with Gasteiger partial charge in [0.15, 0.2) is 0 Å². The number of carboxylic acids is 1. The Morgan fingerprint density at radius 2 is 1.51 bits per heavy atom. The molecule has 5 atom stereocenters. The van der Waals surface area contributed by atoms with Crippen molar-refractivity contribution in [3.63, 3.8) is 0 Å². The molecule has 11 nitrogen and oxygen atoms in total. The molecule has 8 N–H and O–H groups in total. The van der Waals surface area contributed by atoms with E-state index in [4.69, 9.17) is 5.73 Å². The van der Waals surface area contributed by atoms with Crippen molar-refractivity contribution >= 4 is 46.4 Å². The van der Waals surface area contributed by atoms with Crippen molar-refractivity contribution in [2.75, 3.05) is 12.0 Å². The Balaban J connectivity index is 1.91. The molecule has 0 saturated heterocycles. The average molecular weight is 612 g/mol. The number of carbonyl (C=O) groups is 4. The highest BCUT2D eigenvalue weighted by Crippen LogP contribution is 2.20. The zero-order chi connectivity index (χ0) is 31.5. The van der Waals surface area contributed by atoms with Crippen LogP contribution < -0.4 is 21.7 Å². The number of nitrogens with one attached hydrogen (secondary N) is 4. The van der Waals surface area contributed by atoms with Gasteiger partial charge in [-0.25, -0.2) is 4.79 Å². The summed E-state index contributed by atoms with van der Waals surface area (Å²) in [6.07, 6.45) is 4.61. The fourth-order valence-corrected chi connectivity index (χ4v) is 5.10. The van der Waals surface area contributed by atoms with Crippen LogP contribution in [0.3, 0.4) is 0 Å². The number of carbonyl (C=O) groups excluding carboxylic acids is 3. The number of carboxylic acid groups (broad SMARTS) is 1. The highest BCUT2D eigenvalue weighted by atomic mass is 32.2. The lowest BCUT2D eigenvalue weighted by atomic mass is 9.98. The monoisotopic (exact) mass is 611 g/mol. The van der Waals surface area contributed by atoms with Crippen LogP contribution in [-0.4, -0.2) is 75.1 Å². The maximum atomic E-state index is 13.8. The molecular weight excluding hydrogens is 570 g/mol. The number of hydrogen-bond donors (Lipinski definition) is 7. The fraction of sp³-hybridized carbons (Fsp3) is 0.419. The Hall–Kier alpha value is -4.03. The number of aromatic nitrogens is 1. The first-order valence-corrected chi connectivity index (χ1v) is 15.6. The number of benzene rings is 2. The standard InChI is InChI=1S/C31H41N5O6S/c1-4-18(2)27(32)30(40)36-25(15-19-9-11-21(37)12-10-19)28(38)35-26(29(39)34-24(31(41)42)13-14-43-3)16-20-17-33-23-8-6-5-7-22(20)23/h5-12,17-18,24-27,33,37H,4,13-16,32H2,1-3H3,(H,34,39)(H,35,38)(H,36,40)(H,41,42). The van der Waals surface area contributed by atoms with Crippen LogP contribution in [0.5, 0.6) is 5.75 Å². The minimum Gasteiger partial charge on any atom is -0.508 e. The molecule has 0 aliphatic heterocycles. The molecule has 0 spiro atoms. The molecule has 232 valence electrons. The predicted octanol–water partition coefficient (Wildman–Crippen LogP) is 2.32. The van der Waals surface area contributed by atoms with Crippen molar-refractivity contribution in [1.29, 1.82) is 0 Å². The third-order valence-electron chi connectivity index (χ3n) is 7.53. The summed E-state index contributed by atoms with van der Waals surface area (Å²) in [6, 6.07) is 9.50. The molecule has 3 amide bonds. The lowest BCUT2D eigenvalue weighted by Gasteiger charge is -2.26. The van der Waals surface area contributed by atoms with Crippen molar-refractivity contribution < 1.29 is 29.4 Å². The van der Waals surface area contributed by atoms with Gasteiger partial charge < -0.3 is 36.9 Å². The minimum atomic E-state index is -1.17. The van der Waals surface area contributed by atoms with Crippen molar-refractivity contribution in [2.24, 2.45) is 11.7 Å². The number of thioether (sulfide) groups is 1. The van der Waals surface area contributed by atoms with Gasteiger partial charge in [0.05, 0.1) is 6.04 Å². The van der Waals surface area contributed by atoms with E-state index in [9.17, 15) is 29.4 Å². The Morgan fingerprint density at radius 1 is 0.907 bits per heavy atom. The Morgan fingerprint density at radius 3 is 2.14 bits per heavy atom. The predicted molar refractivity (Wildman–Crippen MR) is 168 cm³/mol. The number of nitrogens with two attached hydrogens (primary N) is 1. The van der Waals surface area contributed by atoms with E-state index in [0.717, 1.165) is 16.5 Å². The smallest absolute Gasteiger partial charge is 0.326 e. The summed E-state index contributed by atoms with van der Waals surface area (Å²) in [5.74, 6) is -2.52. The molecule has 0 aliphatic rings. The molecule has 43 heavy (non-hydrogen) atoms. The van der Waals surface area contributed by atoms with Gasteiger partial charge in [-0.1, -0.05) is 50.6 Å². The molecule has 2 aromatic carbocycles. The van der Waals surface area contributed by atoms with Gasteiger partial charge in [0.25, 0.3) is 0 Å². The van der Waals surface area contributed by atoms with Gasteiger partial charge in [-0.3, -0.25) is 14.4 Å². The van der Waals surface area contributed by atoms with E-state index in [1.54, 1.807) is 18.3 Å². The molecule has 12 heteroatoms. The zero-order valence-corrected chi connectivity index (χ0v) is 25.4. The molecule has 1 heterocycles. The van der Waals surface area contributed by atoms with E-state index in [0.29, 0.717) is 17.7 Å². The zero-order valence-electron chi connectivity index (χ0n) is 24.6. The number of phenols is 1. The average Bonchev–Trinajstić information content (AvgIpc) is 3.41. The Bertz CT molecular complexity index is 1390. The maximum Gasteiger partial charge on any atom is 0.326 e. The van der Waals surface area contributed by atoms with Crippen LogP contribution in [0.2, 0.25) is 0 Å². The van der Waals surface area contributed by atoms with Crippen LogP contribution in [0, 0.1) is 5.92 Å². The Labute approximate surface area is 255 Å². The van der Waals surface area contributed by atoms with E-state index in [1.165, 1.54) is 23.9 Å². The summed E-state index contributed by atoms with van der Waals surface area (Å²) in [5, 5.41) is 28.4. The van der Waals surface area contributed by atoms with Crippen LogP contribution in [0.25, 0.3) is 10.9 Å². The molecule has 1 aromatic heterocycles. The summed E-state index contributed by atoms with van der Waals surface area (Å²) >= 11 is 1.46. The van der Waals surface area contributed by atoms with Crippen molar-refractivity contribution in [1.82, 2.24) is 20.9 Å². The number of fused-ring (bicyclic) bond motifs is 1. The van der Waals surface area contributed by atoms with Crippen LogP contribution in [0.1, 0.15) is 37.8 Å². The number of aromatic amines is 1. The molecule has 0 fully saturated rings. The second kappa shape index (κ2) is 16.0. The second-order valence-corrected chi connectivity index (χ2v) is 11.6. The molecule has 3 rings (SSSR count). The number of H-pyrrole nitrogens is 1. The van der Waals surface area contributed by atoms with E-state index >= 15 is 0 Å². The third-order valence-corrected chi connectivity index (χ3v) is 8.17. The van der Waals surface area contributed by atoms with E-state index in [-0.39, 0.29) is 30.9 Å². The first-order chi connectivity index (χ1) is 20.5. The van der Waals surface area contributed by atoms with Crippen molar-refractivity contribution in [3.05, 3.63) is 65.9 Å². The molecular formula is C31H41N5O6S. The second-order valence-electron chi connectivity index (χ2n) is 10.6. The Kier molecular flexibility index (Phi) is 12.4. The highest BCUT2D eigenvalue weighted by molar-refractivity contribution is 7.98. The van der Waals surface area contributed by atoms with Gasteiger partial charge in [0.1, 0.15) is 23.9 Å². The van der Waals surface area contributed by atoms with Gasteiger partial charge in [-0.15, -0.1) is 0 Å². The first-order valence-electron chi connectivity index (χ1n) is 14.2. The van der Waals surface area contributed by atoms with Crippen LogP contribution >= 0.6 is 11.8 Å². The van der Waals surface area contributed by atoms with Crippen molar-refractivity contribution in [3.8, 4) is 5.75 Å². The maximum absolute atomic E-state index is 13.8. The lowest BCUT2D eigenvalue weighted by Crippen LogP contribution is -2.58. The van der Waals surface area contributed by atoms with Crippen LogP contribution in [0.4, 0.5) is 0 Å². The first kappa shape index (κ1) is 33.5. The number of phenolic OH excluding ortho intramolecular Hbond substituents is 1. The summed E-state index contributed by atoms with van der Waals surface area (Å²) in [6.45, 7) is 3.76. The van der Waals surface area contributed by atoms with Crippen LogP contribution in [0.15, 0.2) is 54.7 Å². The quantitative estimate of drug-likeness (QED) is 0.129. The SMILES string of the molecule is CCC(C)C(N)C(=O)NC(Cc1ccc(O)cc1)C(=O)NC(Cc1c[nH]c2ccccc12)C(=O)NC(CCSC)C(=O)O. The van der Waals surface area contributed by atoms with Crippen LogP contribution in [-0.2, 0) is 32.0 Å². The number of aliphatic carboxylic acids is 1. The molecule has 0 saturated carbocycles. The number of para-hydroxylation sites is 1. The van der Waals surface area contributed by atoms with Gasteiger partial charge >= 0.3 is 5.97 Å². The number of hydrogen-bond acceptors (Lipinski definition) is 7. The molecule has 0 bridgehead atoms. The van der Waals surface area contributed by atoms with Gasteiger partial charge in [0, 0.05) is 29.9 Å². The third kappa shape index (κ3) is 9.48. The largest absolute Gasteiger partial charge is 0.508 e. The molecule has 3 aromatic rings. The number of aromatic hydroxyl groups is 1. The van der Waals surface area contributed by atoms with E-state index in [2.05, 4.69) is 20.9 Å². The van der Waals surface area contributed by atoms with Crippen molar-refractivity contribution in [2.45, 2.75) is 63.7 Å². The van der Waals surface area contributed by atoms with E-state index < -0.39 is 47.9 Å². The topological polar surface area (TPSA) is 187 Å². The van der Waals surface area contributed by atoms with Gasteiger partial charge in [-0.05, 0) is 53.7 Å². The lowest BCUT2D eigenvalue weighted by molar-refractivity contribution is -0.142. The number of amides is 3. The summed E-state index contributed by atoms with van der Waals surface area (Å²) in [4.78, 5) is 55.4. The molecule has 0 aliphatic carbocycles. The van der Waals surface area contributed by atoms with E-state index in [1.807, 2.05) is 44.4 Å².